The standard InChI is InChI=1S/C24H24F2N2O2/c1-17(28(2)16-18-12-14-20(15-13-18)30-24(25)26)23(29)27-22-11-7-6-10-21(22)19-8-4-3-5-9-19/h3-15,17,24H,16H2,1-2H3,(H,27,29)/p+1/t17-/m0/s1. The van der Waals surface area contributed by atoms with Crippen molar-refractivity contribution in [2.75, 3.05) is 12.4 Å². The maximum atomic E-state index is 12.9. The lowest BCUT2D eigenvalue weighted by Crippen LogP contribution is -3.12. The second-order valence-corrected chi connectivity index (χ2v) is 7.17. The Labute approximate surface area is 175 Å². The van der Waals surface area contributed by atoms with E-state index in [2.05, 4.69) is 10.1 Å². The van der Waals surface area contributed by atoms with Crippen LogP contribution in [0.15, 0.2) is 78.9 Å². The number of carbonyl (C=O) groups is 1. The molecule has 0 saturated heterocycles. The summed E-state index contributed by atoms with van der Waals surface area (Å²) >= 11 is 0. The molecule has 30 heavy (non-hydrogen) atoms. The molecule has 0 fully saturated rings. The van der Waals surface area contributed by atoms with E-state index in [1.165, 1.54) is 12.1 Å². The van der Waals surface area contributed by atoms with Crippen LogP contribution >= 0.6 is 0 Å². The van der Waals surface area contributed by atoms with E-state index in [1.807, 2.05) is 68.6 Å². The molecule has 3 aromatic rings. The molecule has 0 aliphatic carbocycles. The van der Waals surface area contributed by atoms with Gasteiger partial charge in [-0.3, -0.25) is 4.79 Å². The lowest BCUT2D eigenvalue weighted by Gasteiger charge is -2.22. The van der Waals surface area contributed by atoms with Crippen LogP contribution in [0.25, 0.3) is 11.1 Å². The average molecular weight is 411 g/mol. The zero-order chi connectivity index (χ0) is 21.5. The summed E-state index contributed by atoms with van der Waals surface area (Å²) < 4.78 is 28.9. The van der Waals surface area contributed by atoms with Gasteiger partial charge in [-0.25, -0.2) is 0 Å². The van der Waals surface area contributed by atoms with Gasteiger partial charge in [-0.1, -0.05) is 48.5 Å². The van der Waals surface area contributed by atoms with Gasteiger partial charge in [0.1, 0.15) is 12.3 Å². The van der Waals surface area contributed by atoms with Crippen LogP contribution in [0.3, 0.4) is 0 Å². The lowest BCUT2D eigenvalue weighted by atomic mass is 10.0. The van der Waals surface area contributed by atoms with Crippen molar-refractivity contribution in [3.63, 3.8) is 0 Å². The van der Waals surface area contributed by atoms with Gasteiger partial charge >= 0.3 is 6.61 Å². The normalized spacial score (nSPS) is 13.0. The molecule has 0 bridgehead atoms. The van der Waals surface area contributed by atoms with Gasteiger partial charge in [0.05, 0.1) is 7.05 Å². The number of para-hydroxylation sites is 1. The third-order valence-electron chi connectivity index (χ3n) is 5.03. The average Bonchev–Trinajstić information content (AvgIpc) is 2.75. The van der Waals surface area contributed by atoms with E-state index in [1.54, 1.807) is 12.1 Å². The van der Waals surface area contributed by atoms with E-state index in [9.17, 15) is 13.6 Å². The summed E-state index contributed by atoms with van der Waals surface area (Å²) in [7, 11) is 1.93. The number of likely N-dealkylation sites (N-methyl/N-ethyl adjacent to an activating group) is 1. The Morgan fingerprint density at radius 3 is 2.27 bits per heavy atom. The molecule has 0 saturated carbocycles. The fourth-order valence-electron chi connectivity index (χ4n) is 3.19. The first kappa shape index (κ1) is 21.5. The van der Waals surface area contributed by atoms with Crippen LogP contribution in [0.2, 0.25) is 0 Å². The summed E-state index contributed by atoms with van der Waals surface area (Å²) in [6.45, 7) is -0.403. The molecule has 0 spiro atoms. The van der Waals surface area contributed by atoms with Crippen LogP contribution in [0, 0.1) is 0 Å². The molecule has 3 aromatic carbocycles. The maximum Gasteiger partial charge on any atom is 0.387 e. The number of rotatable bonds is 8. The van der Waals surface area contributed by atoms with Crippen LogP contribution in [-0.4, -0.2) is 25.6 Å². The fraction of sp³-hybridized carbons (Fsp3) is 0.208. The van der Waals surface area contributed by atoms with E-state index in [4.69, 9.17) is 0 Å². The van der Waals surface area contributed by atoms with Crippen molar-refractivity contribution in [2.24, 2.45) is 0 Å². The van der Waals surface area contributed by atoms with E-state index in [0.29, 0.717) is 6.54 Å². The minimum absolute atomic E-state index is 0.0893. The highest BCUT2D eigenvalue weighted by Gasteiger charge is 2.23. The smallest absolute Gasteiger partial charge is 0.387 e. The number of carbonyl (C=O) groups excluding carboxylic acids is 1. The first-order chi connectivity index (χ1) is 14.4. The Morgan fingerprint density at radius 1 is 0.967 bits per heavy atom. The summed E-state index contributed by atoms with van der Waals surface area (Å²) in [6, 6.07) is 23.8. The van der Waals surface area contributed by atoms with Gasteiger partial charge in [0.15, 0.2) is 6.04 Å². The number of halogens is 2. The van der Waals surface area contributed by atoms with E-state index >= 15 is 0 Å². The summed E-state index contributed by atoms with van der Waals surface area (Å²) in [5.74, 6) is 0.0308. The number of ether oxygens (including phenoxy) is 1. The van der Waals surface area contributed by atoms with E-state index in [0.717, 1.165) is 27.3 Å². The van der Waals surface area contributed by atoms with Crippen molar-refractivity contribution in [3.05, 3.63) is 84.4 Å². The summed E-state index contributed by atoms with van der Waals surface area (Å²) in [5.41, 5.74) is 3.69. The molecule has 0 aliphatic rings. The largest absolute Gasteiger partial charge is 0.435 e. The number of anilines is 1. The highest BCUT2D eigenvalue weighted by molar-refractivity contribution is 5.97. The van der Waals surface area contributed by atoms with Gasteiger partial charge in [0.25, 0.3) is 5.91 Å². The summed E-state index contributed by atoms with van der Waals surface area (Å²) in [5, 5.41) is 3.04. The Morgan fingerprint density at radius 2 is 1.60 bits per heavy atom. The van der Waals surface area contributed by atoms with Gasteiger partial charge in [0.2, 0.25) is 0 Å². The van der Waals surface area contributed by atoms with Crippen molar-refractivity contribution in [3.8, 4) is 16.9 Å². The van der Waals surface area contributed by atoms with Crippen molar-refractivity contribution in [1.29, 1.82) is 0 Å². The molecule has 1 unspecified atom stereocenters. The summed E-state index contributed by atoms with van der Waals surface area (Å²) in [6.07, 6.45) is 0. The third-order valence-corrected chi connectivity index (χ3v) is 5.03. The molecule has 1 amide bonds. The van der Waals surface area contributed by atoms with Crippen molar-refractivity contribution in [2.45, 2.75) is 26.1 Å². The molecule has 3 rings (SSSR count). The number of quaternary nitrogens is 1. The number of hydrogen-bond donors (Lipinski definition) is 2. The molecule has 0 aliphatic heterocycles. The summed E-state index contributed by atoms with van der Waals surface area (Å²) in [4.78, 5) is 13.8. The van der Waals surface area contributed by atoms with Crippen molar-refractivity contribution >= 4 is 11.6 Å². The molecule has 156 valence electrons. The van der Waals surface area contributed by atoms with Crippen LogP contribution < -0.4 is 15.0 Å². The van der Waals surface area contributed by atoms with Crippen molar-refractivity contribution < 1.29 is 23.2 Å². The molecule has 0 radical (unpaired) electrons. The van der Waals surface area contributed by atoms with E-state index < -0.39 is 6.61 Å². The minimum atomic E-state index is -2.84. The topological polar surface area (TPSA) is 42.8 Å². The van der Waals surface area contributed by atoms with Crippen LogP contribution in [0.4, 0.5) is 14.5 Å². The number of nitrogens with one attached hydrogen (secondary N) is 2. The zero-order valence-electron chi connectivity index (χ0n) is 16.9. The number of benzene rings is 3. The second-order valence-electron chi connectivity index (χ2n) is 7.17. The van der Waals surface area contributed by atoms with Crippen molar-refractivity contribution in [1.82, 2.24) is 0 Å². The quantitative estimate of drug-likeness (QED) is 0.589. The molecule has 2 atom stereocenters. The van der Waals surface area contributed by atoms with Crippen LogP contribution in [-0.2, 0) is 11.3 Å². The van der Waals surface area contributed by atoms with Gasteiger partial charge in [0, 0.05) is 16.8 Å². The predicted octanol–water partition coefficient (Wildman–Crippen LogP) is 4.00. The van der Waals surface area contributed by atoms with Gasteiger partial charge in [-0.15, -0.1) is 0 Å². The van der Waals surface area contributed by atoms with Gasteiger partial charge in [-0.2, -0.15) is 8.78 Å². The molecule has 0 aromatic heterocycles. The Hall–Kier alpha value is -3.25. The Balaban J connectivity index is 1.65. The Bertz CT molecular complexity index is 962. The fourth-order valence-corrected chi connectivity index (χ4v) is 3.19. The first-order valence-corrected chi connectivity index (χ1v) is 9.75. The highest BCUT2D eigenvalue weighted by atomic mass is 19.3. The zero-order valence-corrected chi connectivity index (χ0v) is 16.9. The molecule has 2 N–H and O–H groups in total. The SMILES string of the molecule is C[C@@H](C(=O)Nc1ccccc1-c1ccccc1)[NH+](C)Cc1ccc(OC(F)F)cc1. The first-order valence-electron chi connectivity index (χ1n) is 9.75. The molecule has 6 heteroatoms. The monoisotopic (exact) mass is 411 g/mol. The number of alkyl halides is 2. The van der Waals surface area contributed by atoms with Gasteiger partial charge in [-0.05, 0) is 42.8 Å². The van der Waals surface area contributed by atoms with E-state index in [-0.39, 0.29) is 17.7 Å². The Kier molecular flexibility index (Phi) is 7.14. The molecular weight excluding hydrogens is 386 g/mol. The maximum absolute atomic E-state index is 12.9. The molecule has 0 heterocycles. The third kappa shape index (κ3) is 5.64. The predicted molar refractivity (Wildman–Crippen MR) is 114 cm³/mol. The van der Waals surface area contributed by atoms with Crippen LogP contribution in [0.5, 0.6) is 5.75 Å². The van der Waals surface area contributed by atoms with Crippen LogP contribution in [0.1, 0.15) is 12.5 Å². The number of amides is 1. The molecular formula is C24H25F2N2O2+. The lowest BCUT2D eigenvalue weighted by molar-refractivity contribution is -0.907. The van der Waals surface area contributed by atoms with Gasteiger partial charge < -0.3 is 15.0 Å². The highest BCUT2D eigenvalue weighted by Crippen LogP contribution is 2.27. The number of hydrogen-bond acceptors (Lipinski definition) is 2. The minimum Gasteiger partial charge on any atom is -0.435 e. The second kappa shape index (κ2) is 9.98. The molecule has 4 nitrogen and oxygen atoms in total.